The summed E-state index contributed by atoms with van der Waals surface area (Å²) in [6, 6.07) is 4.14. The predicted octanol–water partition coefficient (Wildman–Crippen LogP) is 2.43. The highest BCUT2D eigenvalue weighted by molar-refractivity contribution is 7.91. The minimum absolute atomic E-state index is 0.00291. The SMILES string of the molecule is C=CCCCS(=O)(=O)c1cc(C(=O)O)ccc1C. The van der Waals surface area contributed by atoms with Crippen LogP contribution in [0.1, 0.15) is 28.8 Å². The Balaban J connectivity index is 3.10. The van der Waals surface area contributed by atoms with Crippen LogP contribution in [0.4, 0.5) is 0 Å². The van der Waals surface area contributed by atoms with E-state index in [0.29, 0.717) is 18.4 Å². The van der Waals surface area contributed by atoms with Crippen molar-refractivity contribution in [3.8, 4) is 0 Å². The molecule has 0 radical (unpaired) electrons. The van der Waals surface area contributed by atoms with Crippen molar-refractivity contribution in [3.63, 3.8) is 0 Å². The van der Waals surface area contributed by atoms with Crippen molar-refractivity contribution in [1.29, 1.82) is 0 Å². The molecule has 0 saturated carbocycles. The number of carboxylic acids is 1. The van der Waals surface area contributed by atoms with Crippen molar-refractivity contribution in [2.75, 3.05) is 5.75 Å². The first-order valence-electron chi connectivity index (χ1n) is 5.56. The summed E-state index contributed by atoms with van der Waals surface area (Å²) >= 11 is 0. The molecule has 0 aliphatic heterocycles. The smallest absolute Gasteiger partial charge is 0.335 e. The second kappa shape index (κ2) is 5.82. The van der Waals surface area contributed by atoms with Gasteiger partial charge in [0.05, 0.1) is 16.2 Å². The highest BCUT2D eigenvalue weighted by Gasteiger charge is 2.18. The minimum Gasteiger partial charge on any atom is -0.478 e. The average molecular weight is 268 g/mol. The molecule has 1 aromatic rings. The van der Waals surface area contributed by atoms with Crippen molar-refractivity contribution in [2.45, 2.75) is 24.7 Å². The number of aryl methyl sites for hydroxylation is 1. The highest BCUT2D eigenvalue weighted by Crippen LogP contribution is 2.19. The largest absolute Gasteiger partial charge is 0.478 e. The molecule has 0 spiro atoms. The van der Waals surface area contributed by atoms with Crippen LogP contribution in [0.25, 0.3) is 0 Å². The maximum atomic E-state index is 12.1. The first kappa shape index (κ1) is 14.4. The molecule has 0 amide bonds. The monoisotopic (exact) mass is 268 g/mol. The Morgan fingerprint density at radius 2 is 2.11 bits per heavy atom. The van der Waals surface area contributed by atoms with Crippen LogP contribution in [0.15, 0.2) is 35.7 Å². The summed E-state index contributed by atoms with van der Waals surface area (Å²) in [5.74, 6) is -1.12. The van der Waals surface area contributed by atoms with Gasteiger partial charge >= 0.3 is 5.97 Å². The minimum atomic E-state index is -3.43. The number of unbranched alkanes of at least 4 members (excludes halogenated alkanes) is 1. The molecule has 4 nitrogen and oxygen atoms in total. The Morgan fingerprint density at radius 1 is 1.44 bits per heavy atom. The van der Waals surface area contributed by atoms with Gasteiger partial charge in [0.2, 0.25) is 0 Å². The number of aromatic carboxylic acids is 1. The lowest BCUT2D eigenvalue weighted by Gasteiger charge is -2.08. The number of carbonyl (C=O) groups is 1. The van der Waals surface area contributed by atoms with Gasteiger partial charge in [0.25, 0.3) is 0 Å². The Hall–Kier alpha value is -1.62. The summed E-state index contributed by atoms with van der Waals surface area (Å²) in [5, 5.41) is 8.87. The van der Waals surface area contributed by atoms with E-state index >= 15 is 0 Å². The van der Waals surface area contributed by atoms with E-state index in [2.05, 4.69) is 6.58 Å². The van der Waals surface area contributed by atoms with Crippen LogP contribution in [0.2, 0.25) is 0 Å². The molecule has 0 saturated heterocycles. The molecule has 0 bridgehead atoms. The zero-order chi connectivity index (χ0) is 13.8. The third-order valence-electron chi connectivity index (χ3n) is 2.59. The molecule has 1 aromatic carbocycles. The molecule has 5 heteroatoms. The van der Waals surface area contributed by atoms with Crippen molar-refractivity contribution in [1.82, 2.24) is 0 Å². The fourth-order valence-electron chi connectivity index (χ4n) is 1.60. The molecule has 1 N–H and O–H groups in total. The lowest BCUT2D eigenvalue weighted by atomic mass is 10.1. The van der Waals surface area contributed by atoms with Crippen LogP contribution in [0, 0.1) is 6.92 Å². The molecule has 0 unspecified atom stereocenters. The molecule has 98 valence electrons. The quantitative estimate of drug-likeness (QED) is 0.635. The van der Waals surface area contributed by atoms with Gasteiger partial charge in [-0.1, -0.05) is 12.1 Å². The van der Waals surface area contributed by atoms with Crippen LogP contribution in [0.3, 0.4) is 0 Å². The van der Waals surface area contributed by atoms with E-state index < -0.39 is 15.8 Å². The molecule has 0 fully saturated rings. The summed E-state index contributed by atoms with van der Waals surface area (Å²) in [6.07, 6.45) is 2.77. The lowest BCUT2D eigenvalue weighted by molar-refractivity contribution is 0.0696. The number of hydrogen-bond acceptors (Lipinski definition) is 3. The van der Waals surface area contributed by atoms with Crippen molar-refractivity contribution in [2.24, 2.45) is 0 Å². The van der Waals surface area contributed by atoms with Crippen molar-refractivity contribution >= 4 is 15.8 Å². The predicted molar refractivity (Wildman–Crippen MR) is 69.6 cm³/mol. The second-order valence-corrected chi connectivity index (χ2v) is 6.11. The molecule has 18 heavy (non-hydrogen) atoms. The third kappa shape index (κ3) is 3.43. The highest BCUT2D eigenvalue weighted by atomic mass is 32.2. The topological polar surface area (TPSA) is 71.4 Å². The lowest BCUT2D eigenvalue weighted by Crippen LogP contribution is -2.10. The van der Waals surface area contributed by atoms with Crippen molar-refractivity contribution in [3.05, 3.63) is 42.0 Å². The first-order valence-corrected chi connectivity index (χ1v) is 7.21. The summed E-state index contributed by atoms with van der Waals surface area (Å²) in [5.41, 5.74) is 0.557. The van der Waals surface area contributed by atoms with E-state index in [9.17, 15) is 13.2 Å². The van der Waals surface area contributed by atoms with E-state index in [1.54, 1.807) is 13.0 Å². The van der Waals surface area contributed by atoms with Gasteiger partial charge in [-0.3, -0.25) is 0 Å². The maximum Gasteiger partial charge on any atom is 0.335 e. The van der Waals surface area contributed by atoms with Gasteiger partial charge in [0.15, 0.2) is 9.84 Å². The first-order chi connectivity index (χ1) is 8.38. The normalized spacial score (nSPS) is 11.2. The standard InChI is InChI=1S/C13H16O4S/c1-3-4-5-8-18(16,17)12-9-11(13(14)15)7-6-10(12)2/h3,6-7,9H,1,4-5,8H2,2H3,(H,14,15). The van der Waals surface area contributed by atoms with Crippen LogP contribution in [-0.4, -0.2) is 25.2 Å². The zero-order valence-electron chi connectivity index (χ0n) is 10.2. The number of carboxylic acid groups (broad SMARTS) is 1. The molecule has 0 aromatic heterocycles. The zero-order valence-corrected chi connectivity index (χ0v) is 11.0. The van der Waals surface area contributed by atoms with Gasteiger partial charge in [0.1, 0.15) is 0 Å². The third-order valence-corrected chi connectivity index (χ3v) is 4.53. The Kier molecular flexibility index (Phi) is 4.67. The summed E-state index contributed by atoms with van der Waals surface area (Å²) in [4.78, 5) is 10.9. The van der Waals surface area contributed by atoms with Gasteiger partial charge in [-0.2, -0.15) is 0 Å². The molecular formula is C13H16O4S. The molecular weight excluding hydrogens is 252 g/mol. The molecule has 0 aliphatic carbocycles. The summed E-state index contributed by atoms with van der Waals surface area (Å²) in [6.45, 7) is 5.19. The van der Waals surface area contributed by atoms with E-state index in [4.69, 9.17) is 5.11 Å². The number of allylic oxidation sites excluding steroid dienone is 1. The van der Waals surface area contributed by atoms with Crippen LogP contribution in [0.5, 0.6) is 0 Å². The number of benzene rings is 1. The van der Waals surface area contributed by atoms with Gasteiger partial charge in [-0.05, 0) is 37.5 Å². The van der Waals surface area contributed by atoms with E-state index in [1.807, 2.05) is 0 Å². The summed E-state index contributed by atoms with van der Waals surface area (Å²) in [7, 11) is -3.43. The van der Waals surface area contributed by atoms with Gasteiger partial charge in [-0.25, -0.2) is 13.2 Å². The van der Waals surface area contributed by atoms with E-state index in [1.165, 1.54) is 18.2 Å². The van der Waals surface area contributed by atoms with Gasteiger partial charge in [-0.15, -0.1) is 6.58 Å². The Labute approximate surface area is 107 Å². The number of rotatable bonds is 6. The van der Waals surface area contributed by atoms with Crippen LogP contribution in [-0.2, 0) is 9.84 Å². The molecule has 0 aliphatic rings. The van der Waals surface area contributed by atoms with Gasteiger partial charge in [0, 0.05) is 0 Å². The van der Waals surface area contributed by atoms with Crippen LogP contribution >= 0.6 is 0 Å². The van der Waals surface area contributed by atoms with E-state index in [-0.39, 0.29) is 16.2 Å². The average Bonchev–Trinajstić information content (AvgIpc) is 2.29. The summed E-state index contributed by atoms with van der Waals surface area (Å²) < 4.78 is 24.2. The van der Waals surface area contributed by atoms with Crippen LogP contribution < -0.4 is 0 Å². The number of sulfone groups is 1. The number of hydrogen-bond donors (Lipinski definition) is 1. The fraction of sp³-hybridized carbons (Fsp3) is 0.308. The molecule has 0 atom stereocenters. The van der Waals surface area contributed by atoms with Gasteiger partial charge < -0.3 is 5.11 Å². The fourth-order valence-corrected chi connectivity index (χ4v) is 3.23. The van der Waals surface area contributed by atoms with E-state index in [0.717, 1.165) is 0 Å². The molecule has 1 rings (SSSR count). The molecule has 0 heterocycles. The Bertz CT molecular complexity index is 558. The Morgan fingerprint density at radius 3 is 2.67 bits per heavy atom. The second-order valence-electron chi connectivity index (χ2n) is 4.04. The van der Waals surface area contributed by atoms with Crippen molar-refractivity contribution < 1.29 is 18.3 Å². The maximum absolute atomic E-state index is 12.1.